The van der Waals surface area contributed by atoms with Crippen LogP contribution in [-0.2, 0) is 26.6 Å². The van der Waals surface area contributed by atoms with Crippen LogP contribution in [0.15, 0.2) is 4.52 Å². The molecule has 25 heavy (non-hydrogen) atoms. The molecule has 2 aliphatic rings. The van der Waals surface area contributed by atoms with E-state index < -0.39 is 0 Å². The first kappa shape index (κ1) is 16.1. The second-order valence-electron chi connectivity index (χ2n) is 6.91. The molecule has 1 saturated carbocycles. The van der Waals surface area contributed by atoms with Crippen molar-refractivity contribution in [2.24, 2.45) is 7.05 Å². The predicted octanol–water partition coefficient (Wildman–Crippen LogP) is 2.39. The second kappa shape index (κ2) is 6.50. The lowest BCUT2D eigenvalue weighted by molar-refractivity contribution is 0.189. The van der Waals surface area contributed by atoms with Crippen molar-refractivity contribution in [2.75, 3.05) is 0 Å². The smallest absolute Gasteiger partial charge is 0.318 e. The molecule has 0 saturated heterocycles. The van der Waals surface area contributed by atoms with Gasteiger partial charge in [0.05, 0.1) is 18.8 Å². The van der Waals surface area contributed by atoms with E-state index in [4.69, 9.17) is 4.52 Å². The van der Waals surface area contributed by atoms with E-state index in [1.165, 1.54) is 19.3 Å². The molecular weight excluding hydrogens is 320 g/mol. The van der Waals surface area contributed by atoms with Crippen molar-refractivity contribution in [2.45, 2.75) is 64.6 Å². The summed E-state index contributed by atoms with van der Waals surface area (Å²) in [6.07, 6.45) is 6.57. The summed E-state index contributed by atoms with van der Waals surface area (Å²) in [5.74, 6) is 1.10. The first-order chi connectivity index (χ1) is 12.2. The maximum Gasteiger partial charge on any atom is 0.318 e. The molecule has 2 amide bonds. The topological polar surface area (TPSA) is 89.1 Å². The number of hydrogen-bond donors (Lipinski definition) is 1. The molecule has 8 heteroatoms. The zero-order valence-electron chi connectivity index (χ0n) is 14.8. The molecule has 2 aromatic rings. The lowest BCUT2D eigenvalue weighted by atomic mass is 9.96. The normalized spacial score (nSPS) is 17.8. The summed E-state index contributed by atoms with van der Waals surface area (Å²) in [5, 5.41) is 11.7. The lowest BCUT2D eigenvalue weighted by Gasteiger charge is -2.26. The Labute approximate surface area is 146 Å². The van der Waals surface area contributed by atoms with Crippen molar-refractivity contribution in [1.82, 2.24) is 30.1 Å². The number of amides is 2. The number of aromatic nitrogens is 4. The number of nitrogens with one attached hydrogen (secondary N) is 1. The van der Waals surface area contributed by atoms with Crippen LogP contribution in [0.4, 0.5) is 4.79 Å². The number of rotatable bonds is 3. The Hall–Kier alpha value is -2.38. The molecular formula is C17H24N6O2. The summed E-state index contributed by atoms with van der Waals surface area (Å²) in [5.41, 5.74) is 2.73. The van der Waals surface area contributed by atoms with Crippen molar-refractivity contribution >= 4 is 6.03 Å². The molecule has 0 bridgehead atoms. The van der Waals surface area contributed by atoms with Crippen LogP contribution >= 0.6 is 0 Å². The zero-order chi connectivity index (χ0) is 17.4. The van der Waals surface area contributed by atoms with Crippen LogP contribution in [0.3, 0.4) is 0 Å². The van der Waals surface area contributed by atoms with Crippen LogP contribution in [0.25, 0.3) is 11.6 Å². The van der Waals surface area contributed by atoms with E-state index in [9.17, 15) is 4.79 Å². The molecule has 1 fully saturated rings. The Balaban J connectivity index is 1.50. The highest BCUT2D eigenvalue weighted by Gasteiger charge is 2.32. The Bertz CT molecular complexity index is 774. The van der Waals surface area contributed by atoms with E-state index >= 15 is 0 Å². The number of carbonyl (C=O) groups excluding carboxylic acids is 1. The van der Waals surface area contributed by atoms with Crippen LogP contribution in [0.1, 0.15) is 56.1 Å². The van der Waals surface area contributed by atoms with Gasteiger partial charge in [-0.1, -0.05) is 31.3 Å². The third kappa shape index (κ3) is 3.01. The Kier molecular flexibility index (Phi) is 4.19. The van der Waals surface area contributed by atoms with Gasteiger partial charge in [0.1, 0.15) is 0 Å². The SMILES string of the molecule is CCc1noc(-c2nn(C)c3c2CN(C(=O)NC2CCCCC2)C3)n1. The van der Waals surface area contributed by atoms with Gasteiger partial charge in [-0.15, -0.1) is 0 Å². The summed E-state index contributed by atoms with van der Waals surface area (Å²) in [7, 11) is 1.89. The van der Waals surface area contributed by atoms with E-state index in [2.05, 4.69) is 20.6 Å². The standard InChI is InChI=1S/C17H24N6O2/c1-3-14-19-16(25-21-14)15-12-9-23(10-13(12)22(2)20-15)17(24)18-11-7-5-4-6-8-11/h11H,3-10H2,1-2H3,(H,18,24). The van der Waals surface area contributed by atoms with Gasteiger partial charge >= 0.3 is 6.03 Å². The number of aryl methyl sites for hydroxylation is 2. The number of nitrogens with zero attached hydrogens (tertiary/aromatic N) is 5. The van der Waals surface area contributed by atoms with Gasteiger partial charge in [0.15, 0.2) is 11.5 Å². The van der Waals surface area contributed by atoms with E-state index in [-0.39, 0.29) is 6.03 Å². The third-order valence-electron chi connectivity index (χ3n) is 5.17. The van der Waals surface area contributed by atoms with Gasteiger partial charge in [0.2, 0.25) is 0 Å². The van der Waals surface area contributed by atoms with E-state index in [0.29, 0.717) is 43.0 Å². The van der Waals surface area contributed by atoms with Crippen molar-refractivity contribution in [3.05, 3.63) is 17.1 Å². The fourth-order valence-electron chi connectivity index (χ4n) is 3.72. The summed E-state index contributed by atoms with van der Waals surface area (Å²) in [6.45, 7) is 3.07. The predicted molar refractivity (Wildman–Crippen MR) is 90.5 cm³/mol. The number of hydrogen-bond acceptors (Lipinski definition) is 5. The van der Waals surface area contributed by atoms with Crippen molar-refractivity contribution in [3.63, 3.8) is 0 Å². The van der Waals surface area contributed by atoms with Gasteiger partial charge < -0.3 is 14.7 Å². The molecule has 0 atom stereocenters. The number of carbonyl (C=O) groups is 1. The minimum atomic E-state index is 0.00817. The van der Waals surface area contributed by atoms with Crippen LogP contribution in [0, 0.1) is 0 Å². The lowest BCUT2D eigenvalue weighted by Crippen LogP contribution is -2.43. The average molecular weight is 344 g/mol. The quantitative estimate of drug-likeness (QED) is 0.923. The highest BCUT2D eigenvalue weighted by atomic mass is 16.5. The van der Waals surface area contributed by atoms with Gasteiger partial charge in [-0.25, -0.2) is 4.79 Å². The second-order valence-corrected chi connectivity index (χ2v) is 6.91. The van der Waals surface area contributed by atoms with Crippen LogP contribution in [0.5, 0.6) is 0 Å². The molecule has 1 aliphatic heterocycles. The highest BCUT2D eigenvalue weighted by Crippen LogP contribution is 2.31. The zero-order valence-corrected chi connectivity index (χ0v) is 14.8. The molecule has 0 aromatic carbocycles. The number of fused-ring (bicyclic) bond motifs is 1. The Morgan fingerprint density at radius 2 is 2.08 bits per heavy atom. The molecule has 2 aromatic heterocycles. The molecule has 0 radical (unpaired) electrons. The van der Waals surface area contributed by atoms with Crippen molar-refractivity contribution in [1.29, 1.82) is 0 Å². The van der Waals surface area contributed by atoms with Crippen LogP contribution in [0.2, 0.25) is 0 Å². The van der Waals surface area contributed by atoms with E-state index in [1.807, 2.05) is 23.6 Å². The van der Waals surface area contributed by atoms with Gasteiger partial charge in [0, 0.05) is 25.1 Å². The fraction of sp³-hybridized carbons (Fsp3) is 0.647. The fourth-order valence-corrected chi connectivity index (χ4v) is 3.72. The first-order valence-corrected chi connectivity index (χ1v) is 9.09. The summed E-state index contributed by atoms with van der Waals surface area (Å²) in [6, 6.07) is 0.319. The minimum absolute atomic E-state index is 0.00817. The summed E-state index contributed by atoms with van der Waals surface area (Å²) < 4.78 is 7.16. The van der Waals surface area contributed by atoms with Crippen molar-refractivity contribution < 1.29 is 9.32 Å². The van der Waals surface area contributed by atoms with E-state index in [1.54, 1.807) is 0 Å². The van der Waals surface area contributed by atoms with Gasteiger partial charge in [-0.05, 0) is 12.8 Å². The highest BCUT2D eigenvalue weighted by molar-refractivity contribution is 5.76. The molecule has 1 aliphatic carbocycles. The molecule has 0 spiro atoms. The number of urea groups is 1. The monoisotopic (exact) mass is 344 g/mol. The average Bonchev–Trinajstić information content (AvgIpc) is 3.32. The van der Waals surface area contributed by atoms with Gasteiger partial charge in [-0.2, -0.15) is 10.1 Å². The summed E-state index contributed by atoms with van der Waals surface area (Å²) >= 11 is 0. The molecule has 0 unspecified atom stereocenters. The molecule has 3 heterocycles. The summed E-state index contributed by atoms with van der Waals surface area (Å²) in [4.78, 5) is 18.8. The third-order valence-corrected chi connectivity index (χ3v) is 5.17. The molecule has 8 nitrogen and oxygen atoms in total. The molecule has 134 valence electrons. The van der Waals surface area contributed by atoms with E-state index in [0.717, 1.165) is 24.1 Å². The Morgan fingerprint density at radius 3 is 2.80 bits per heavy atom. The molecule has 4 rings (SSSR count). The van der Waals surface area contributed by atoms with Crippen LogP contribution < -0.4 is 5.32 Å². The van der Waals surface area contributed by atoms with Gasteiger partial charge in [-0.3, -0.25) is 4.68 Å². The van der Waals surface area contributed by atoms with Crippen molar-refractivity contribution in [3.8, 4) is 11.6 Å². The largest absolute Gasteiger partial charge is 0.335 e. The maximum absolute atomic E-state index is 12.6. The minimum Gasteiger partial charge on any atom is -0.335 e. The van der Waals surface area contributed by atoms with Gasteiger partial charge in [0.25, 0.3) is 5.89 Å². The van der Waals surface area contributed by atoms with Crippen LogP contribution in [-0.4, -0.2) is 36.9 Å². The molecule has 1 N–H and O–H groups in total. The maximum atomic E-state index is 12.6. The first-order valence-electron chi connectivity index (χ1n) is 9.09. The Morgan fingerprint density at radius 1 is 1.28 bits per heavy atom.